The van der Waals surface area contributed by atoms with E-state index in [1.54, 1.807) is 18.2 Å². The van der Waals surface area contributed by atoms with E-state index in [9.17, 15) is 18.0 Å². The molecule has 1 aliphatic rings. The number of hydrogen-bond donors (Lipinski definition) is 4. The van der Waals surface area contributed by atoms with Crippen LogP contribution in [0.4, 0.5) is 17.1 Å². The van der Waals surface area contributed by atoms with Crippen molar-refractivity contribution < 1.29 is 18.0 Å². The molecule has 0 bridgehead atoms. The average molecular weight is 446 g/mol. The molecule has 0 unspecified atom stereocenters. The molecular weight excluding hydrogens is 418 g/mol. The van der Waals surface area contributed by atoms with Gasteiger partial charge in [-0.15, -0.1) is 0 Å². The van der Waals surface area contributed by atoms with Gasteiger partial charge in [0, 0.05) is 50.9 Å². The molecule has 0 aliphatic carbocycles. The van der Waals surface area contributed by atoms with E-state index in [4.69, 9.17) is 0 Å². The Morgan fingerprint density at radius 2 is 1.74 bits per heavy atom. The van der Waals surface area contributed by atoms with Gasteiger partial charge in [-0.2, -0.15) is 0 Å². The molecule has 166 valence electrons. The van der Waals surface area contributed by atoms with Crippen molar-refractivity contribution in [2.24, 2.45) is 0 Å². The Morgan fingerprint density at radius 3 is 2.35 bits per heavy atom. The molecule has 0 atom stereocenters. The van der Waals surface area contributed by atoms with Crippen LogP contribution in [-0.4, -0.2) is 53.0 Å². The molecule has 0 radical (unpaired) electrons. The number of rotatable bonds is 7. The summed E-state index contributed by atoms with van der Waals surface area (Å²) in [7, 11) is -3.91. The number of piperazine rings is 1. The number of hydrogen-bond acceptors (Lipinski definition) is 6. The second-order valence-corrected chi connectivity index (χ2v) is 8.82. The Hall–Kier alpha value is -3.11. The van der Waals surface area contributed by atoms with Gasteiger partial charge >= 0.3 is 0 Å². The first kappa shape index (κ1) is 22.6. The molecule has 1 saturated heterocycles. The molecule has 4 N–H and O–H groups in total. The molecule has 10 heteroatoms. The van der Waals surface area contributed by atoms with Gasteiger partial charge in [0.05, 0.1) is 16.3 Å². The highest BCUT2D eigenvalue weighted by molar-refractivity contribution is 7.92. The lowest BCUT2D eigenvalue weighted by molar-refractivity contribution is -0.114. The summed E-state index contributed by atoms with van der Waals surface area (Å²) in [4.78, 5) is 25.6. The number of nitrogens with zero attached hydrogens (tertiary/aromatic N) is 1. The number of amides is 2. The lowest BCUT2D eigenvalue weighted by atomic mass is 10.1. The third-order valence-electron chi connectivity index (χ3n) is 4.78. The Bertz CT molecular complexity index is 1050. The van der Waals surface area contributed by atoms with Crippen LogP contribution in [0.25, 0.3) is 0 Å². The molecule has 9 nitrogen and oxygen atoms in total. The SMILES string of the molecule is CCNC(=O)c1ccc(N2CCNCC2)c(NS(=O)(=O)c2ccc(NC(C)=O)cc2)c1. The molecule has 1 fully saturated rings. The van der Waals surface area contributed by atoms with Crippen molar-refractivity contribution in [2.75, 3.05) is 47.7 Å². The van der Waals surface area contributed by atoms with E-state index in [0.717, 1.165) is 26.2 Å². The molecule has 1 aliphatic heterocycles. The topological polar surface area (TPSA) is 120 Å². The van der Waals surface area contributed by atoms with Gasteiger partial charge in [0.2, 0.25) is 5.91 Å². The van der Waals surface area contributed by atoms with Crippen LogP contribution in [0.2, 0.25) is 0 Å². The van der Waals surface area contributed by atoms with Gasteiger partial charge in [-0.05, 0) is 49.4 Å². The van der Waals surface area contributed by atoms with Crippen LogP contribution in [0.5, 0.6) is 0 Å². The number of nitrogens with one attached hydrogen (secondary N) is 4. The fourth-order valence-electron chi connectivity index (χ4n) is 3.33. The first-order valence-corrected chi connectivity index (χ1v) is 11.6. The van der Waals surface area contributed by atoms with Gasteiger partial charge in [-0.3, -0.25) is 14.3 Å². The molecule has 0 aromatic heterocycles. The lowest BCUT2D eigenvalue weighted by Crippen LogP contribution is -2.43. The second kappa shape index (κ2) is 9.80. The van der Waals surface area contributed by atoms with Gasteiger partial charge in [0.25, 0.3) is 15.9 Å². The Kier molecular flexibility index (Phi) is 7.13. The van der Waals surface area contributed by atoms with Crippen molar-refractivity contribution in [3.63, 3.8) is 0 Å². The summed E-state index contributed by atoms with van der Waals surface area (Å²) in [5.41, 5.74) is 1.94. The summed E-state index contributed by atoms with van der Waals surface area (Å²) in [6, 6.07) is 10.9. The molecule has 3 rings (SSSR count). The van der Waals surface area contributed by atoms with Gasteiger partial charge in [0.15, 0.2) is 0 Å². The lowest BCUT2D eigenvalue weighted by Gasteiger charge is -2.31. The number of sulfonamides is 1. The third kappa shape index (κ3) is 5.74. The van der Waals surface area contributed by atoms with Crippen LogP contribution in [0.3, 0.4) is 0 Å². The van der Waals surface area contributed by atoms with E-state index in [1.807, 2.05) is 6.92 Å². The van der Waals surface area contributed by atoms with Crippen LogP contribution < -0.4 is 25.6 Å². The van der Waals surface area contributed by atoms with Crippen LogP contribution >= 0.6 is 0 Å². The molecule has 2 amide bonds. The van der Waals surface area contributed by atoms with E-state index in [-0.39, 0.29) is 16.7 Å². The molecule has 0 saturated carbocycles. The highest BCUT2D eigenvalue weighted by atomic mass is 32.2. The van der Waals surface area contributed by atoms with Crippen molar-refractivity contribution in [1.82, 2.24) is 10.6 Å². The van der Waals surface area contributed by atoms with Crippen LogP contribution in [-0.2, 0) is 14.8 Å². The zero-order chi connectivity index (χ0) is 22.4. The zero-order valence-corrected chi connectivity index (χ0v) is 18.4. The zero-order valence-electron chi connectivity index (χ0n) is 17.6. The molecule has 1 heterocycles. The smallest absolute Gasteiger partial charge is 0.261 e. The molecule has 31 heavy (non-hydrogen) atoms. The van der Waals surface area contributed by atoms with Gasteiger partial charge in [-0.1, -0.05) is 0 Å². The van der Waals surface area contributed by atoms with Gasteiger partial charge in [0.1, 0.15) is 0 Å². The average Bonchev–Trinajstić information content (AvgIpc) is 2.74. The van der Waals surface area contributed by atoms with Crippen molar-refractivity contribution in [3.8, 4) is 0 Å². The van der Waals surface area contributed by atoms with E-state index in [1.165, 1.54) is 31.2 Å². The van der Waals surface area contributed by atoms with Crippen LogP contribution in [0.1, 0.15) is 24.2 Å². The van der Waals surface area contributed by atoms with Crippen molar-refractivity contribution >= 4 is 38.9 Å². The monoisotopic (exact) mass is 445 g/mol. The fraction of sp³-hybridized carbons (Fsp3) is 0.333. The summed E-state index contributed by atoms with van der Waals surface area (Å²) in [6.07, 6.45) is 0. The normalized spacial score (nSPS) is 14.1. The second-order valence-electron chi connectivity index (χ2n) is 7.14. The Morgan fingerprint density at radius 1 is 1.06 bits per heavy atom. The standard InChI is InChI=1S/C21H27N5O4S/c1-3-23-21(28)16-4-9-20(26-12-10-22-11-13-26)19(14-16)25-31(29,30)18-7-5-17(6-8-18)24-15(2)27/h4-9,14,22,25H,3,10-13H2,1-2H3,(H,23,28)(H,24,27). The fourth-order valence-corrected chi connectivity index (χ4v) is 4.39. The number of carbonyl (C=O) groups is 2. The van der Waals surface area contributed by atoms with E-state index >= 15 is 0 Å². The molecular formula is C21H27N5O4S. The number of anilines is 3. The molecule has 2 aromatic carbocycles. The van der Waals surface area contributed by atoms with Crippen molar-refractivity contribution in [1.29, 1.82) is 0 Å². The number of carbonyl (C=O) groups excluding carboxylic acids is 2. The maximum atomic E-state index is 13.0. The largest absolute Gasteiger partial charge is 0.367 e. The van der Waals surface area contributed by atoms with Crippen LogP contribution in [0, 0.1) is 0 Å². The predicted octanol–water partition coefficient (Wildman–Crippen LogP) is 1.61. The van der Waals surface area contributed by atoms with Gasteiger partial charge < -0.3 is 20.9 Å². The van der Waals surface area contributed by atoms with E-state index in [0.29, 0.717) is 29.2 Å². The van der Waals surface area contributed by atoms with Crippen molar-refractivity contribution in [3.05, 3.63) is 48.0 Å². The summed E-state index contributed by atoms with van der Waals surface area (Å²) in [6.45, 7) is 6.69. The maximum Gasteiger partial charge on any atom is 0.261 e. The van der Waals surface area contributed by atoms with Crippen molar-refractivity contribution in [2.45, 2.75) is 18.7 Å². The summed E-state index contributed by atoms with van der Waals surface area (Å²) in [5.74, 6) is -0.508. The van der Waals surface area contributed by atoms with E-state index in [2.05, 4.69) is 25.6 Å². The highest BCUT2D eigenvalue weighted by Gasteiger charge is 2.21. The minimum absolute atomic E-state index is 0.0521. The maximum absolute atomic E-state index is 13.0. The minimum Gasteiger partial charge on any atom is -0.367 e. The quantitative estimate of drug-likeness (QED) is 0.514. The Balaban J connectivity index is 1.93. The molecule has 2 aromatic rings. The predicted molar refractivity (Wildman–Crippen MR) is 121 cm³/mol. The number of benzene rings is 2. The summed E-state index contributed by atoms with van der Waals surface area (Å²) in [5, 5.41) is 8.60. The Labute approximate surface area is 182 Å². The third-order valence-corrected chi connectivity index (χ3v) is 6.16. The first-order valence-electron chi connectivity index (χ1n) is 10.1. The van der Waals surface area contributed by atoms with Gasteiger partial charge in [-0.25, -0.2) is 8.42 Å². The minimum atomic E-state index is -3.91. The summed E-state index contributed by atoms with van der Waals surface area (Å²) >= 11 is 0. The van der Waals surface area contributed by atoms with E-state index < -0.39 is 10.0 Å². The molecule has 0 spiro atoms. The summed E-state index contributed by atoms with van der Waals surface area (Å²) < 4.78 is 28.7. The van der Waals surface area contributed by atoms with Crippen LogP contribution in [0.15, 0.2) is 47.4 Å². The highest BCUT2D eigenvalue weighted by Crippen LogP contribution is 2.30. The first-order chi connectivity index (χ1) is 14.8.